The van der Waals surface area contributed by atoms with Crippen molar-refractivity contribution in [1.82, 2.24) is 9.80 Å². The van der Waals surface area contributed by atoms with E-state index in [0.29, 0.717) is 24.9 Å². The molecule has 3 heterocycles. The van der Waals surface area contributed by atoms with Gasteiger partial charge >= 0.3 is 5.97 Å². The Kier molecular flexibility index (Phi) is 7.35. The number of carbonyl (C=O) groups is 3. The predicted molar refractivity (Wildman–Crippen MR) is 144 cm³/mol. The van der Waals surface area contributed by atoms with Gasteiger partial charge in [-0.2, -0.15) is 0 Å². The Hall–Kier alpha value is -3.49. The number of rotatable bonds is 10. The summed E-state index contributed by atoms with van der Waals surface area (Å²) in [5.41, 5.74) is -0.485. The maximum atomic E-state index is 14.6. The van der Waals surface area contributed by atoms with E-state index in [-0.39, 0.29) is 31.6 Å². The van der Waals surface area contributed by atoms with Crippen molar-refractivity contribution < 1.29 is 29.0 Å². The van der Waals surface area contributed by atoms with Gasteiger partial charge in [0, 0.05) is 13.1 Å². The van der Waals surface area contributed by atoms with Crippen molar-refractivity contribution in [2.45, 2.75) is 56.5 Å². The number of aliphatic hydroxyl groups is 1. The van der Waals surface area contributed by atoms with Gasteiger partial charge in [0.05, 0.1) is 30.8 Å². The van der Waals surface area contributed by atoms with Gasteiger partial charge in [-0.25, -0.2) is 0 Å². The average Bonchev–Trinajstić information content (AvgIpc) is 3.51. The molecule has 206 valence electrons. The second-order valence-corrected chi connectivity index (χ2v) is 10.8. The Balaban J connectivity index is 1.62. The van der Waals surface area contributed by atoms with Crippen LogP contribution in [-0.4, -0.2) is 69.7 Å². The number of hydrogen-bond donors (Lipinski definition) is 1. The van der Waals surface area contributed by atoms with Gasteiger partial charge in [-0.1, -0.05) is 66.7 Å². The van der Waals surface area contributed by atoms with Crippen LogP contribution in [0.25, 0.3) is 0 Å². The molecule has 1 N–H and O–H groups in total. The number of fused-ring (bicyclic) bond motifs is 1. The van der Waals surface area contributed by atoms with E-state index in [1.807, 2.05) is 67.6 Å². The zero-order valence-corrected chi connectivity index (χ0v) is 22.5. The lowest BCUT2D eigenvalue weighted by atomic mass is 9.66. The summed E-state index contributed by atoms with van der Waals surface area (Å²) in [5, 5.41) is 10.6. The van der Waals surface area contributed by atoms with Crippen LogP contribution in [-0.2, 0) is 30.4 Å². The first-order chi connectivity index (χ1) is 18.8. The third-order valence-electron chi connectivity index (χ3n) is 8.56. The number of nitrogens with zero attached hydrogens (tertiary/aromatic N) is 2. The van der Waals surface area contributed by atoms with E-state index in [2.05, 4.69) is 6.58 Å². The Morgan fingerprint density at radius 2 is 1.85 bits per heavy atom. The molecule has 0 saturated carbocycles. The molecule has 0 radical (unpaired) electrons. The van der Waals surface area contributed by atoms with Crippen molar-refractivity contribution in [1.29, 1.82) is 0 Å². The highest BCUT2D eigenvalue weighted by molar-refractivity contribution is 5.98. The summed E-state index contributed by atoms with van der Waals surface area (Å²) in [7, 11) is 0. The molecule has 6 atom stereocenters. The van der Waals surface area contributed by atoms with Gasteiger partial charge in [0.15, 0.2) is 0 Å². The molecular weight excluding hydrogens is 496 g/mol. The van der Waals surface area contributed by atoms with Gasteiger partial charge in [-0.15, -0.1) is 6.58 Å². The van der Waals surface area contributed by atoms with E-state index < -0.39 is 41.1 Å². The molecule has 2 bridgehead atoms. The van der Waals surface area contributed by atoms with E-state index in [9.17, 15) is 19.5 Å². The van der Waals surface area contributed by atoms with Gasteiger partial charge in [-0.3, -0.25) is 14.4 Å². The van der Waals surface area contributed by atoms with Crippen molar-refractivity contribution in [3.8, 4) is 0 Å². The van der Waals surface area contributed by atoms with Crippen LogP contribution in [0.15, 0.2) is 73.3 Å². The summed E-state index contributed by atoms with van der Waals surface area (Å²) in [4.78, 5) is 45.4. The molecule has 8 nitrogen and oxygen atoms in total. The SMILES string of the molecule is C=CCN(Cc1ccccc1)C(=O)C1N([C@H](CO)c2ccccc2)C(=O)[C@@H]2[C@@H](C(=O)OCC)[C@@]3(C)CCC12O3. The lowest BCUT2D eigenvalue weighted by molar-refractivity contribution is -0.161. The number of benzene rings is 2. The first kappa shape index (κ1) is 27.1. The second-order valence-electron chi connectivity index (χ2n) is 10.8. The zero-order valence-electron chi connectivity index (χ0n) is 22.5. The Morgan fingerprint density at radius 3 is 2.46 bits per heavy atom. The lowest BCUT2D eigenvalue weighted by Crippen LogP contribution is -2.57. The fourth-order valence-electron chi connectivity index (χ4n) is 6.96. The Morgan fingerprint density at radius 1 is 1.18 bits per heavy atom. The van der Waals surface area contributed by atoms with Crippen LogP contribution in [0.5, 0.6) is 0 Å². The van der Waals surface area contributed by atoms with Crippen LogP contribution in [0.2, 0.25) is 0 Å². The number of ether oxygens (including phenoxy) is 2. The molecule has 39 heavy (non-hydrogen) atoms. The predicted octanol–water partition coefficient (Wildman–Crippen LogP) is 3.26. The van der Waals surface area contributed by atoms with Crippen LogP contribution >= 0.6 is 0 Å². The summed E-state index contributed by atoms with van der Waals surface area (Å²) < 4.78 is 12.1. The van der Waals surface area contributed by atoms with Crippen molar-refractivity contribution in [2.24, 2.45) is 11.8 Å². The van der Waals surface area contributed by atoms with Gasteiger partial charge in [0.25, 0.3) is 0 Å². The van der Waals surface area contributed by atoms with Gasteiger partial charge in [0.2, 0.25) is 11.8 Å². The normalized spacial score (nSPS) is 29.7. The minimum atomic E-state index is -1.21. The Bertz CT molecular complexity index is 1240. The molecule has 3 aliphatic heterocycles. The molecule has 3 fully saturated rings. The van der Waals surface area contributed by atoms with E-state index >= 15 is 0 Å². The standard InChI is InChI=1S/C31H36N2O6/c1-4-18-32(19-21-12-8-6-9-13-21)28(36)26-31-17-16-30(3,39-31)25(29(37)38-5-2)24(31)27(35)33(26)23(20-34)22-14-10-7-11-15-22/h4,6-15,23-26,34H,1,5,16-20H2,2-3H3/t23-,24+,25+,26?,30-,31?/m1/s1. The first-order valence-corrected chi connectivity index (χ1v) is 13.6. The molecule has 5 rings (SSSR count). The van der Waals surface area contributed by atoms with Crippen LogP contribution in [0, 0.1) is 11.8 Å². The Labute approximate surface area is 229 Å². The molecule has 3 saturated heterocycles. The second kappa shape index (κ2) is 10.6. The van der Waals surface area contributed by atoms with E-state index in [0.717, 1.165) is 5.56 Å². The molecule has 0 aromatic heterocycles. The molecule has 0 aliphatic carbocycles. The first-order valence-electron chi connectivity index (χ1n) is 13.6. The molecule has 8 heteroatoms. The summed E-state index contributed by atoms with van der Waals surface area (Å²) >= 11 is 0. The van der Waals surface area contributed by atoms with Crippen LogP contribution in [0.3, 0.4) is 0 Å². The van der Waals surface area contributed by atoms with Crippen molar-refractivity contribution >= 4 is 17.8 Å². The van der Waals surface area contributed by atoms with Crippen molar-refractivity contribution in [3.05, 3.63) is 84.4 Å². The van der Waals surface area contributed by atoms with Gasteiger partial charge < -0.3 is 24.4 Å². The molecule has 2 aromatic rings. The van der Waals surface area contributed by atoms with Crippen LogP contribution in [0.4, 0.5) is 0 Å². The van der Waals surface area contributed by atoms with E-state index in [1.54, 1.807) is 17.9 Å². The number of carbonyl (C=O) groups excluding carboxylic acids is 3. The average molecular weight is 533 g/mol. The van der Waals surface area contributed by atoms with Gasteiger partial charge in [-0.05, 0) is 37.8 Å². The highest BCUT2D eigenvalue weighted by atomic mass is 16.6. The topological polar surface area (TPSA) is 96.4 Å². The fourth-order valence-corrected chi connectivity index (χ4v) is 6.96. The summed E-state index contributed by atoms with van der Waals surface area (Å²) in [6, 6.07) is 17.0. The number of esters is 1. The lowest BCUT2D eigenvalue weighted by Gasteiger charge is -2.39. The molecule has 2 amide bonds. The largest absolute Gasteiger partial charge is 0.466 e. The minimum Gasteiger partial charge on any atom is -0.466 e. The number of likely N-dealkylation sites (tertiary alicyclic amines) is 1. The third kappa shape index (κ3) is 4.36. The quantitative estimate of drug-likeness (QED) is 0.373. The summed E-state index contributed by atoms with van der Waals surface area (Å²) in [5.74, 6) is -2.87. The highest BCUT2D eigenvalue weighted by Crippen LogP contribution is 2.64. The molecule has 2 aromatic carbocycles. The summed E-state index contributed by atoms with van der Waals surface area (Å²) in [6.07, 6.45) is 2.63. The molecular formula is C31H36N2O6. The van der Waals surface area contributed by atoms with Crippen LogP contribution < -0.4 is 0 Å². The van der Waals surface area contributed by atoms with Crippen LogP contribution in [0.1, 0.15) is 43.9 Å². The molecule has 3 aliphatic rings. The maximum Gasteiger partial charge on any atom is 0.312 e. The van der Waals surface area contributed by atoms with E-state index in [4.69, 9.17) is 9.47 Å². The highest BCUT2D eigenvalue weighted by Gasteiger charge is 2.79. The third-order valence-corrected chi connectivity index (χ3v) is 8.56. The monoisotopic (exact) mass is 532 g/mol. The fraction of sp³-hybridized carbons (Fsp3) is 0.452. The number of hydrogen-bond acceptors (Lipinski definition) is 6. The van der Waals surface area contributed by atoms with Crippen molar-refractivity contribution in [2.75, 3.05) is 19.8 Å². The zero-order chi connectivity index (χ0) is 27.8. The van der Waals surface area contributed by atoms with Gasteiger partial charge in [0.1, 0.15) is 17.6 Å². The maximum absolute atomic E-state index is 14.6. The molecule has 2 unspecified atom stereocenters. The number of amides is 2. The van der Waals surface area contributed by atoms with Crippen molar-refractivity contribution in [3.63, 3.8) is 0 Å². The minimum absolute atomic E-state index is 0.179. The molecule has 1 spiro atoms. The number of aliphatic hydroxyl groups excluding tert-OH is 1. The summed E-state index contributed by atoms with van der Waals surface area (Å²) in [6.45, 7) is 7.80. The smallest absolute Gasteiger partial charge is 0.312 e. The van der Waals surface area contributed by atoms with E-state index in [1.165, 1.54) is 4.90 Å².